The fourth-order valence-corrected chi connectivity index (χ4v) is 8.83. The van der Waals surface area contributed by atoms with Gasteiger partial charge in [0.15, 0.2) is 0 Å². The van der Waals surface area contributed by atoms with Crippen LogP contribution >= 0.6 is 11.6 Å². The average Bonchev–Trinajstić information content (AvgIpc) is 3.96. The van der Waals surface area contributed by atoms with Crippen molar-refractivity contribution in [1.29, 1.82) is 0 Å². The Kier molecular flexibility index (Phi) is 10.4. The molecule has 2 aromatic carbocycles. The number of nitrogens with zero attached hydrogens (tertiary/aromatic N) is 2. The molecule has 54 heavy (non-hydrogen) atoms. The summed E-state index contributed by atoms with van der Waals surface area (Å²) in [5.74, 6) is -4.06. The van der Waals surface area contributed by atoms with Crippen LogP contribution in [0.25, 0.3) is 0 Å². The number of halogens is 5. The van der Waals surface area contributed by atoms with E-state index < -0.39 is 91.7 Å². The minimum atomic E-state index is -4.88. The van der Waals surface area contributed by atoms with Crippen LogP contribution in [0.4, 0.5) is 28.0 Å². The van der Waals surface area contributed by atoms with Gasteiger partial charge in [-0.15, -0.1) is 0 Å². The highest BCUT2D eigenvalue weighted by atomic mass is 35.5. The maximum absolute atomic E-state index is 14.5. The summed E-state index contributed by atoms with van der Waals surface area (Å²) in [6.45, 7) is 6.72. The largest absolute Gasteiger partial charge is 0.444 e. The van der Waals surface area contributed by atoms with Crippen LogP contribution in [0.5, 0.6) is 0 Å². The summed E-state index contributed by atoms with van der Waals surface area (Å²) >= 11 is 6.32. The van der Waals surface area contributed by atoms with Crippen molar-refractivity contribution in [2.45, 2.75) is 108 Å². The van der Waals surface area contributed by atoms with E-state index in [1.807, 2.05) is 6.07 Å². The summed E-state index contributed by atoms with van der Waals surface area (Å²) in [7, 11) is -3.96. The Hall–Kier alpha value is -4.12. The maximum Gasteiger partial charge on any atom is 0.416 e. The van der Waals surface area contributed by atoms with Crippen LogP contribution < -0.4 is 15.4 Å². The zero-order valence-corrected chi connectivity index (χ0v) is 31.6. The number of likely N-dealkylation sites (tertiary alicyclic amines) is 1. The average molecular weight is 800 g/mol. The van der Waals surface area contributed by atoms with Crippen molar-refractivity contribution in [3.63, 3.8) is 0 Å². The molecule has 0 bridgehead atoms. The number of fused-ring (bicyclic) bond motifs is 1. The summed E-state index contributed by atoms with van der Waals surface area (Å²) in [4.78, 5) is 58.1. The van der Waals surface area contributed by atoms with Gasteiger partial charge in [-0.3, -0.25) is 24.0 Å². The van der Waals surface area contributed by atoms with Gasteiger partial charge in [0.05, 0.1) is 23.9 Å². The number of benzene rings is 2. The lowest BCUT2D eigenvalue weighted by Gasteiger charge is -2.36. The van der Waals surface area contributed by atoms with Crippen LogP contribution in [-0.4, -0.2) is 77.6 Å². The number of alkyl halides is 3. The first kappa shape index (κ1) is 39.6. The highest BCUT2D eigenvalue weighted by Gasteiger charge is 2.62. The van der Waals surface area contributed by atoms with Crippen LogP contribution in [0.1, 0.15) is 76.5 Å². The summed E-state index contributed by atoms with van der Waals surface area (Å²) in [6, 6.07) is 4.41. The minimum Gasteiger partial charge on any atom is -0.444 e. The Labute approximate surface area is 315 Å². The quantitative estimate of drug-likeness (QED) is 0.273. The van der Waals surface area contributed by atoms with Gasteiger partial charge in [0.25, 0.3) is 5.91 Å². The van der Waals surface area contributed by atoms with Gasteiger partial charge in [0, 0.05) is 23.7 Å². The SMILES string of the molecule is CC[C@@H]1CC1(NC(=O)[C@@H]1C[C@@H](OC(=O)N2Cc3cccc(Cl)c3C2)CN1C(=O)C(Nc1cc(F)cc(C(F)(F)F)c1)C(C)(C)C)C(=O)NS(=O)(=O)C1CC1. The standard InChI is InChI=1S/C36H42ClF4N5O7S/c1-5-20-15-35(20,32(49)44-54(51,52)25-9-10-25)43-30(47)28-14-24(53-33(50)45-16-19-7-6-8-27(37)26(19)18-45)17-46(28)31(48)29(34(2,3)4)42-23-12-21(36(39,40)41)11-22(38)13-23/h6-8,11-13,20,24-25,28-29,42H,5,9-10,14-18H2,1-4H3,(H,43,47)(H,44,49)/t20-,24-,28+,29?,35?/m1/s1. The molecule has 5 atom stereocenters. The zero-order valence-electron chi connectivity index (χ0n) is 30.1. The minimum absolute atomic E-state index is 0.145. The van der Waals surface area contributed by atoms with Crippen molar-refractivity contribution in [2.75, 3.05) is 11.9 Å². The Bertz CT molecular complexity index is 1970. The van der Waals surface area contributed by atoms with Gasteiger partial charge in [0.2, 0.25) is 21.8 Å². The second-order valence-electron chi connectivity index (χ2n) is 15.6. The van der Waals surface area contributed by atoms with Gasteiger partial charge in [-0.25, -0.2) is 17.6 Å². The molecule has 0 aromatic heterocycles. The molecule has 294 valence electrons. The van der Waals surface area contributed by atoms with Crippen molar-refractivity contribution >= 4 is 51.1 Å². The molecule has 3 N–H and O–H groups in total. The summed E-state index contributed by atoms with van der Waals surface area (Å²) in [5.41, 5.74) is -2.63. The molecule has 4 aliphatic rings. The second-order valence-corrected chi connectivity index (χ2v) is 18.0. The number of sulfonamides is 1. The molecule has 1 saturated heterocycles. The van der Waals surface area contributed by atoms with E-state index in [-0.39, 0.29) is 38.2 Å². The molecular formula is C36H42ClF4N5O7S. The summed E-state index contributed by atoms with van der Waals surface area (Å²) in [6.07, 6.45) is -5.48. The topological polar surface area (TPSA) is 154 Å². The van der Waals surface area contributed by atoms with Gasteiger partial charge in [-0.05, 0) is 66.0 Å². The number of carbonyl (C=O) groups excluding carboxylic acids is 4. The fraction of sp³-hybridized carbons (Fsp3) is 0.556. The molecule has 6 rings (SSSR count). The number of amides is 4. The summed E-state index contributed by atoms with van der Waals surface area (Å²) in [5, 5.41) is 5.23. The predicted octanol–water partition coefficient (Wildman–Crippen LogP) is 5.34. The van der Waals surface area contributed by atoms with E-state index in [4.69, 9.17) is 16.3 Å². The van der Waals surface area contributed by atoms with Crippen molar-refractivity contribution in [3.05, 3.63) is 63.9 Å². The van der Waals surface area contributed by atoms with Crippen LogP contribution in [-0.2, 0) is 48.4 Å². The van der Waals surface area contributed by atoms with Crippen LogP contribution in [0.2, 0.25) is 5.02 Å². The predicted molar refractivity (Wildman–Crippen MR) is 189 cm³/mol. The Morgan fingerprint density at radius 1 is 1.07 bits per heavy atom. The van der Waals surface area contributed by atoms with Crippen molar-refractivity contribution in [2.24, 2.45) is 11.3 Å². The van der Waals surface area contributed by atoms with E-state index in [0.29, 0.717) is 36.4 Å². The van der Waals surface area contributed by atoms with Crippen molar-refractivity contribution in [3.8, 4) is 0 Å². The fourth-order valence-electron chi connectivity index (χ4n) is 7.22. The van der Waals surface area contributed by atoms with Crippen molar-refractivity contribution < 1.29 is 49.9 Å². The van der Waals surface area contributed by atoms with E-state index in [9.17, 15) is 45.2 Å². The number of anilines is 1. The van der Waals surface area contributed by atoms with E-state index in [1.165, 1.54) is 4.90 Å². The first-order valence-electron chi connectivity index (χ1n) is 17.7. The Morgan fingerprint density at radius 3 is 2.37 bits per heavy atom. The highest BCUT2D eigenvalue weighted by molar-refractivity contribution is 7.91. The highest BCUT2D eigenvalue weighted by Crippen LogP contribution is 2.47. The van der Waals surface area contributed by atoms with Gasteiger partial charge >= 0.3 is 12.3 Å². The molecule has 2 heterocycles. The molecule has 0 radical (unpaired) electrons. The van der Waals surface area contributed by atoms with Gasteiger partial charge < -0.3 is 20.3 Å². The molecule has 2 unspecified atom stereocenters. The van der Waals surface area contributed by atoms with Crippen molar-refractivity contribution in [1.82, 2.24) is 19.8 Å². The number of hydrogen-bond donors (Lipinski definition) is 3. The third-order valence-corrected chi connectivity index (χ3v) is 12.7. The van der Waals surface area contributed by atoms with E-state index in [1.54, 1.807) is 39.8 Å². The van der Waals surface area contributed by atoms with Gasteiger partial charge in [0.1, 0.15) is 29.5 Å². The normalized spacial score (nSPS) is 24.4. The lowest BCUT2D eigenvalue weighted by Crippen LogP contribution is -2.58. The first-order chi connectivity index (χ1) is 25.1. The molecule has 2 aliphatic heterocycles. The monoisotopic (exact) mass is 799 g/mol. The maximum atomic E-state index is 14.5. The van der Waals surface area contributed by atoms with Gasteiger partial charge in [-0.1, -0.05) is 57.8 Å². The second kappa shape index (κ2) is 14.2. The zero-order chi connectivity index (χ0) is 39.5. The van der Waals surface area contributed by atoms with E-state index in [0.717, 1.165) is 22.1 Å². The smallest absolute Gasteiger partial charge is 0.416 e. The molecule has 18 heteroatoms. The van der Waals surface area contributed by atoms with Crippen LogP contribution in [0.3, 0.4) is 0 Å². The molecule has 4 amide bonds. The third-order valence-electron chi connectivity index (χ3n) is 10.5. The lowest BCUT2D eigenvalue weighted by atomic mass is 9.85. The summed E-state index contributed by atoms with van der Waals surface area (Å²) < 4.78 is 88.4. The Morgan fingerprint density at radius 2 is 1.78 bits per heavy atom. The van der Waals surface area contributed by atoms with Crippen LogP contribution in [0, 0.1) is 17.2 Å². The number of rotatable bonds is 10. The van der Waals surface area contributed by atoms with Crippen LogP contribution in [0.15, 0.2) is 36.4 Å². The number of carbonyl (C=O) groups is 4. The molecule has 2 aliphatic carbocycles. The number of hydrogen-bond acceptors (Lipinski definition) is 8. The molecule has 2 saturated carbocycles. The third kappa shape index (κ3) is 8.11. The van der Waals surface area contributed by atoms with Gasteiger partial charge in [-0.2, -0.15) is 13.2 Å². The number of nitrogens with one attached hydrogen (secondary N) is 3. The molecule has 3 fully saturated rings. The van der Waals surface area contributed by atoms with E-state index in [2.05, 4.69) is 15.4 Å². The molecule has 0 spiro atoms. The number of ether oxygens (including phenoxy) is 1. The van der Waals surface area contributed by atoms with E-state index >= 15 is 0 Å². The molecule has 2 aromatic rings. The molecular weight excluding hydrogens is 758 g/mol. The Balaban J connectivity index is 1.27. The lowest BCUT2D eigenvalue weighted by molar-refractivity contribution is -0.141. The first-order valence-corrected chi connectivity index (χ1v) is 19.6. The molecule has 12 nitrogen and oxygen atoms in total.